The van der Waals surface area contributed by atoms with Gasteiger partial charge < -0.3 is 30.1 Å². The van der Waals surface area contributed by atoms with Gasteiger partial charge in [-0.25, -0.2) is 4.79 Å². The third kappa shape index (κ3) is 10.3. The molecule has 0 bridgehead atoms. The predicted octanol–water partition coefficient (Wildman–Crippen LogP) is -1.13. The molecule has 3 N–H and O–H groups in total. The van der Waals surface area contributed by atoms with E-state index in [9.17, 15) is 9.90 Å². The van der Waals surface area contributed by atoms with Crippen LogP contribution in [0, 0.1) is 0 Å². The molecule has 0 heterocycles. The second-order valence-electron chi connectivity index (χ2n) is 4.05. The first-order valence-corrected chi connectivity index (χ1v) is 5.98. The lowest BCUT2D eigenvalue weighted by Crippen LogP contribution is -2.40. The van der Waals surface area contributed by atoms with Crippen LogP contribution in [0.3, 0.4) is 0 Å². The summed E-state index contributed by atoms with van der Waals surface area (Å²) in [5.74, 6) is 0. The van der Waals surface area contributed by atoms with E-state index < -0.39 is 6.10 Å². The molecule has 7 nitrogen and oxygen atoms in total. The Bertz CT molecular complexity index is 214. The minimum atomic E-state index is -0.550. The smallest absolute Gasteiger partial charge is 0.316 e. The van der Waals surface area contributed by atoms with E-state index in [0.717, 1.165) is 0 Å². The fourth-order valence-electron chi connectivity index (χ4n) is 1.11. The highest BCUT2D eigenvalue weighted by Gasteiger charge is 2.04. The molecule has 0 saturated carbocycles. The van der Waals surface area contributed by atoms with E-state index >= 15 is 0 Å². The summed E-state index contributed by atoms with van der Waals surface area (Å²) in [5, 5.41) is 15.3. The molecular formula is C11H25N3O4. The molecule has 7 heteroatoms. The fraction of sp³-hybridized carbons (Fsp3) is 0.909. The Kier molecular flexibility index (Phi) is 10.7. The van der Waals surface area contributed by atoms with Crippen molar-refractivity contribution in [2.24, 2.45) is 0 Å². The Morgan fingerprint density at radius 3 is 2.67 bits per heavy atom. The summed E-state index contributed by atoms with van der Waals surface area (Å²) < 4.78 is 9.98. The summed E-state index contributed by atoms with van der Waals surface area (Å²) in [5.41, 5.74) is 0. The molecular weight excluding hydrogens is 238 g/mol. The molecule has 18 heavy (non-hydrogen) atoms. The van der Waals surface area contributed by atoms with Gasteiger partial charge >= 0.3 is 6.03 Å². The van der Waals surface area contributed by atoms with Crippen molar-refractivity contribution < 1.29 is 19.4 Å². The number of methoxy groups -OCH3 is 1. The van der Waals surface area contributed by atoms with Crippen LogP contribution in [0.5, 0.6) is 0 Å². The molecule has 0 spiro atoms. The Labute approximate surface area is 108 Å². The van der Waals surface area contributed by atoms with Crippen molar-refractivity contribution in [1.29, 1.82) is 0 Å². The molecule has 0 aromatic rings. The van der Waals surface area contributed by atoms with Crippen molar-refractivity contribution in [3.8, 4) is 0 Å². The van der Waals surface area contributed by atoms with Gasteiger partial charge in [-0.1, -0.05) is 0 Å². The molecule has 2 amide bonds. The standard InChI is InChI=1S/C11H25N3O4/c1-14(2)11(16)13-5-4-12-8-10(15)9-18-7-6-17-3/h10,12,15H,4-9H2,1-3H3,(H,13,16). The zero-order valence-electron chi connectivity index (χ0n) is 11.4. The number of rotatable bonds is 10. The van der Waals surface area contributed by atoms with Crippen molar-refractivity contribution >= 4 is 6.03 Å². The molecule has 0 rings (SSSR count). The molecule has 0 radical (unpaired) electrons. The topological polar surface area (TPSA) is 83.1 Å². The fourth-order valence-corrected chi connectivity index (χ4v) is 1.11. The van der Waals surface area contributed by atoms with Gasteiger partial charge in [0.05, 0.1) is 25.9 Å². The summed E-state index contributed by atoms with van der Waals surface area (Å²) in [6.07, 6.45) is -0.550. The van der Waals surface area contributed by atoms with Gasteiger partial charge in [0.15, 0.2) is 0 Å². The SMILES string of the molecule is COCCOCC(O)CNCCNC(=O)N(C)C. The van der Waals surface area contributed by atoms with Crippen LogP contribution < -0.4 is 10.6 Å². The van der Waals surface area contributed by atoms with Crippen LogP contribution in [0.25, 0.3) is 0 Å². The van der Waals surface area contributed by atoms with Gasteiger partial charge in [-0.05, 0) is 0 Å². The monoisotopic (exact) mass is 263 g/mol. The molecule has 0 aliphatic carbocycles. The van der Waals surface area contributed by atoms with E-state index in [-0.39, 0.29) is 12.6 Å². The summed E-state index contributed by atoms with van der Waals surface area (Å²) >= 11 is 0. The Balaban J connectivity index is 3.29. The van der Waals surface area contributed by atoms with E-state index in [4.69, 9.17) is 9.47 Å². The van der Waals surface area contributed by atoms with Crippen LogP contribution in [0.4, 0.5) is 4.79 Å². The quantitative estimate of drug-likeness (QED) is 0.435. The van der Waals surface area contributed by atoms with Crippen molar-refractivity contribution in [3.63, 3.8) is 0 Å². The molecule has 0 saturated heterocycles. The van der Waals surface area contributed by atoms with Crippen molar-refractivity contribution in [2.45, 2.75) is 6.10 Å². The molecule has 0 aliphatic heterocycles. The Morgan fingerprint density at radius 1 is 1.33 bits per heavy atom. The van der Waals surface area contributed by atoms with E-state index in [1.807, 2.05) is 0 Å². The maximum absolute atomic E-state index is 11.1. The number of aliphatic hydroxyl groups is 1. The minimum absolute atomic E-state index is 0.125. The van der Waals surface area contributed by atoms with E-state index in [1.165, 1.54) is 4.90 Å². The molecule has 0 aromatic heterocycles. The number of aliphatic hydroxyl groups excluding tert-OH is 1. The predicted molar refractivity (Wildman–Crippen MR) is 68.7 cm³/mol. The maximum atomic E-state index is 11.1. The molecule has 1 unspecified atom stereocenters. The van der Waals surface area contributed by atoms with Crippen LogP contribution in [-0.4, -0.2) is 82.8 Å². The lowest BCUT2D eigenvalue weighted by Gasteiger charge is -2.14. The number of carbonyl (C=O) groups is 1. The first-order valence-electron chi connectivity index (χ1n) is 5.98. The zero-order chi connectivity index (χ0) is 13.8. The average molecular weight is 263 g/mol. The highest BCUT2D eigenvalue weighted by atomic mass is 16.5. The Morgan fingerprint density at radius 2 is 2.06 bits per heavy atom. The van der Waals surface area contributed by atoms with Gasteiger partial charge in [0.2, 0.25) is 0 Å². The number of urea groups is 1. The summed E-state index contributed by atoms with van der Waals surface area (Å²) in [6, 6.07) is -0.125. The largest absolute Gasteiger partial charge is 0.389 e. The number of ether oxygens (including phenoxy) is 2. The second kappa shape index (κ2) is 11.2. The zero-order valence-corrected chi connectivity index (χ0v) is 11.4. The molecule has 0 aromatic carbocycles. The Hall–Kier alpha value is -0.890. The van der Waals surface area contributed by atoms with Crippen LogP contribution in [-0.2, 0) is 9.47 Å². The number of nitrogens with zero attached hydrogens (tertiary/aromatic N) is 1. The normalized spacial score (nSPS) is 12.2. The second-order valence-corrected chi connectivity index (χ2v) is 4.05. The van der Waals surface area contributed by atoms with Crippen LogP contribution in [0.2, 0.25) is 0 Å². The van der Waals surface area contributed by atoms with Gasteiger partial charge in [-0.15, -0.1) is 0 Å². The molecule has 0 aliphatic rings. The van der Waals surface area contributed by atoms with E-state index in [2.05, 4.69) is 10.6 Å². The first kappa shape index (κ1) is 17.1. The van der Waals surface area contributed by atoms with Crippen LogP contribution >= 0.6 is 0 Å². The maximum Gasteiger partial charge on any atom is 0.316 e. The summed E-state index contributed by atoms with van der Waals surface area (Å²) in [6.45, 7) is 2.84. The molecule has 0 fully saturated rings. The minimum Gasteiger partial charge on any atom is -0.389 e. The number of nitrogens with one attached hydrogen (secondary N) is 2. The lowest BCUT2D eigenvalue weighted by molar-refractivity contribution is 0.0139. The number of hydrogen-bond donors (Lipinski definition) is 3. The highest BCUT2D eigenvalue weighted by molar-refractivity contribution is 5.73. The van der Waals surface area contributed by atoms with Crippen molar-refractivity contribution in [1.82, 2.24) is 15.5 Å². The number of hydrogen-bond acceptors (Lipinski definition) is 5. The molecule has 1 atom stereocenters. The van der Waals surface area contributed by atoms with Crippen molar-refractivity contribution in [2.75, 3.05) is 60.7 Å². The highest BCUT2D eigenvalue weighted by Crippen LogP contribution is 1.84. The summed E-state index contributed by atoms with van der Waals surface area (Å²) in [4.78, 5) is 12.6. The van der Waals surface area contributed by atoms with Gasteiger partial charge in [0.1, 0.15) is 0 Å². The van der Waals surface area contributed by atoms with Gasteiger partial charge in [0.25, 0.3) is 0 Å². The van der Waals surface area contributed by atoms with Gasteiger partial charge in [-0.3, -0.25) is 0 Å². The van der Waals surface area contributed by atoms with E-state index in [0.29, 0.717) is 32.8 Å². The summed E-state index contributed by atoms with van der Waals surface area (Å²) in [7, 11) is 4.97. The molecule has 108 valence electrons. The van der Waals surface area contributed by atoms with Crippen LogP contribution in [0.15, 0.2) is 0 Å². The average Bonchev–Trinajstić information content (AvgIpc) is 2.33. The van der Waals surface area contributed by atoms with Crippen molar-refractivity contribution in [3.05, 3.63) is 0 Å². The lowest BCUT2D eigenvalue weighted by atomic mass is 10.4. The number of amides is 2. The number of carbonyl (C=O) groups excluding carboxylic acids is 1. The third-order valence-electron chi connectivity index (χ3n) is 2.11. The van der Waals surface area contributed by atoms with Gasteiger partial charge in [-0.2, -0.15) is 0 Å². The van der Waals surface area contributed by atoms with E-state index in [1.54, 1.807) is 21.2 Å². The first-order chi connectivity index (χ1) is 8.57. The van der Waals surface area contributed by atoms with Crippen LogP contribution in [0.1, 0.15) is 0 Å². The van der Waals surface area contributed by atoms with Gasteiger partial charge in [0, 0.05) is 40.8 Å². The third-order valence-corrected chi connectivity index (χ3v) is 2.11.